The first-order valence-electron chi connectivity index (χ1n) is 25.4. The number of hydrogen-bond donors (Lipinski definition) is 1. The molecule has 4 heterocycles. The van der Waals surface area contributed by atoms with Gasteiger partial charge in [0.1, 0.15) is 29.4 Å². The number of aryl methyl sites for hydroxylation is 2. The second kappa shape index (κ2) is 18.6. The lowest BCUT2D eigenvalue weighted by atomic mass is 9.49. The Morgan fingerprint density at radius 2 is 1.61 bits per heavy atom. The molecule has 0 unspecified atom stereocenters. The predicted molar refractivity (Wildman–Crippen MR) is 266 cm³/mol. The van der Waals surface area contributed by atoms with E-state index in [1.54, 1.807) is 55.3 Å². The fourth-order valence-electron chi connectivity index (χ4n) is 13.2. The van der Waals surface area contributed by atoms with Crippen LogP contribution >= 0.6 is 0 Å². The average molecular weight is 969 g/mol. The average Bonchev–Trinajstić information content (AvgIpc) is 3.98. The number of hydrogen-bond acceptors (Lipinski definition) is 9. The van der Waals surface area contributed by atoms with Gasteiger partial charge < -0.3 is 29.3 Å². The molecule has 3 saturated carbocycles. The number of nitrogens with one attached hydrogen (secondary N) is 1. The Hall–Kier alpha value is -6.43. The maximum Gasteiger partial charge on any atom is 0.264 e. The van der Waals surface area contributed by atoms with Gasteiger partial charge in [0.2, 0.25) is 5.91 Å². The van der Waals surface area contributed by atoms with Crippen LogP contribution in [-0.4, -0.2) is 74.7 Å². The number of ether oxygens (including phenoxy) is 3. The van der Waals surface area contributed by atoms with Gasteiger partial charge in [0.25, 0.3) is 12.3 Å². The number of nitriles is 1. The van der Waals surface area contributed by atoms with Gasteiger partial charge in [0, 0.05) is 96.3 Å². The smallest absolute Gasteiger partial charge is 0.264 e. The first-order valence-corrected chi connectivity index (χ1v) is 25.4. The Kier molecular flexibility index (Phi) is 12.7. The van der Waals surface area contributed by atoms with Crippen LogP contribution in [0.3, 0.4) is 0 Å². The summed E-state index contributed by atoms with van der Waals surface area (Å²) in [6.45, 7) is 11.8. The molecule has 10 rings (SSSR count). The van der Waals surface area contributed by atoms with Crippen LogP contribution in [0.1, 0.15) is 143 Å². The molecule has 0 atom stereocenters. The first kappa shape index (κ1) is 48.2. The second-order valence-corrected chi connectivity index (χ2v) is 22.0. The summed E-state index contributed by atoms with van der Waals surface area (Å²) < 4.78 is 51.9. The highest BCUT2D eigenvalue weighted by molar-refractivity contribution is 5.94. The summed E-state index contributed by atoms with van der Waals surface area (Å²) in [6, 6.07) is 18.5. The molecule has 1 N–H and O–H groups in total. The summed E-state index contributed by atoms with van der Waals surface area (Å²) in [4.78, 5) is 30.4. The highest BCUT2D eigenvalue weighted by atomic mass is 19.3. The molecule has 3 fully saturated rings. The number of fused-ring (bicyclic) bond motifs is 2. The van der Waals surface area contributed by atoms with Crippen molar-refractivity contribution in [3.05, 3.63) is 101 Å². The molecular weight excluding hydrogens is 903 g/mol. The fraction of sp³-hybridized carbons (Fsp3) is 0.518. The zero-order chi connectivity index (χ0) is 50.0. The van der Waals surface area contributed by atoms with Gasteiger partial charge in [-0.1, -0.05) is 27.7 Å². The van der Waals surface area contributed by atoms with Gasteiger partial charge in [-0.3, -0.25) is 19.0 Å². The summed E-state index contributed by atoms with van der Waals surface area (Å²) in [5, 5.41) is 22.4. The van der Waals surface area contributed by atoms with Crippen molar-refractivity contribution in [3.63, 3.8) is 0 Å². The molecule has 13 nitrogen and oxygen atoms in total. The Bertz CT molecular complexity index is 2850. The fourth-order valence-corrected chi connectivity index (χ4v) is 13.2. The summed E-state index contributed by atoms with van der Waals surface area (Å²) in [5.74, 6) is 2.52. The van der Waals surface area contributed by atoms with Crippen LogP contribution < -0.4 is 24.4 Å². The summed E-state index contributed by atoms with van der Waals surface area (Å²) in [7, 11) is 3.32. The van der Waals surface area contributed by atoms with Crippen LogP contribution in [0.2, 0.25) is 0 Å². The molecule has 0 radical (unpaired) electrons. The van der Waals surface area contributed by atoms with E-state index in [4.69, 9.17) is 19.3 Å². The Labute approximate surface area is 415 Å². The molecule has 3 aliphatic carbocycles. The van der Waals surface area contributed by atoms with Crippen molar-refractivity contribution in [1.82, 2.24) is 29.8 Å². The predicted octanol–water partition coefficient (Wildman–Crippen LogP) is 10.8. The number of rotatable bonds is 11. The van der Waals surface area contributed by atoms with Gasteiger partial charge in [-0.2, -0.15) is 15.5 Å². The monoisotopic (exact) mass is 969 g/mol. The van der Waals surface area contributed by atoms with E-state index in [0.29, 0.717) is 59.8 Å². The Morgan fingerprint density at radius 1 is 0.901 bits per heavy atom. The van der Waals surface area contributed by atoms with E-state index in [1.165, 1.54) is 12.8 Å². The normalized spacial score (nSPS) is 24.4. The number of aromatic nitrogens is 4. The minimum absolute atomic E-state index is 0.0120. The topological polar surface area (TPSA) is 140 Å². The van der Waals surface area contributed by atoms with E-state index < -0.39 is 6.43 Å². The van der Waals surface area contributed by atoms with Gasteiger partial charge in [-0.05, 0) is 129 Å². The molecule has 374 valence electrons. The lowest BCUT2D eigenvalue weighted by Crippen LogP contribution is -2.74. The molecule has 5 aromatic rings. The number of benzene rings is 3. The van der Waals surface area contributed by atoms with Crippen molar-refractivity contribution >= 4 is 23.3 Å². The van der Waals surface area contributed by atoms with Crippen LogP contribution in [-0.2, 0) is 31.2 Å². The number of halogens is 2. The van der Waals surface area contributed by atoms with Crippen molar-refractivity contribution in [2.45, 2.75) is 143 Å². The molecule has 5 aliphatic rings. The van der Waals surface area contributed by atoms with E-state index >= 15 is 0 Å². The number of carbonyl (C=O) groups excluding carboxylic acids is 2. The first-order chi connectivity index (χ1) is 34.0. The zero-order valence-corrected chi connectivity index (χ0v) is 42.1. The van der Waals surface area contributed by atoms with Crippen molar-refractivity contribution in [3.8, 4) is 34.4 Å². The molecule has 2 aliphatic heterocycles. The molecule has 1 spiro atoms. The molecule has 0 bridgehead atoms. The molecule has 71 heavy (non-hydrogen) atoms. The maximum atomic E-state index is 14.8. The summed E-state index contributed by atoms with van der Waals surface area (Å²) in [6.07, 6.45) is 11.4. The lowest BCUT2D eigenvalue weighted by molar-refractivity contribution is -0.164. The number of anilines is 2. The Balaban J connectivity index is 0.765. The van der Waals surface area contributed by atoms with Crippen LogP contribution in [0.25, 0.3) is 11.1 Å². The van der Waals surface area contributed by atoms with E-state index in [-0.39, 0.29) is 57.9 Å². The summed E-state index contributed by atoms with van der Waals surface area (Å²) >= 11 is 0. The van der Waals surface area contributed by atoms with Crippen molar-refractivity contribution in [2.24, 2.45) is 23.3 Å². The van der Waals surface area contributed by atoms with Gasteiger partial charge in [0.15, 0.2) is 5.82 Å². The van der Waals surface area contributed by atoms with Crippen LogP contribution in [0, 0.1) is 27.6 Å². The largest absolute Gasteiger partial charge is 0.495 e. The number of alkyl halides is 2. The Morgan fingerprint density at radius 3 is 2.25 bits per heavy atom. The zero-order valence-electron chi connectivity index (χ0n) is 42.1. The molecule has 0 saturated heterocycles. The number of carbonyl (C=O) groups is 2. The highest BCUT2D eigenvalue weighted by Crippen LogP contribution is 2.56. The number of nitrogens with zero attached hydrogens (tertiary/aromatic N) is 7. The van der Waals surface area contributed by atoms with Gasteiger partial charge in [0.05, 0.1) is 37.6 Å². The third kappa shape index (κ3) is 8.90. The van der Waals surface area contributed by atoms with E-state index in [0.717, 1.165) is 92.6 Å². The van der Waals surface area contributed by atoms with E-state index in [9.17, 15) is 23.6 Å². The van der Waals surface area contributed by atoms with Crippen molar-refractivity contribution < 1.29 is 32.6 Å². The lowest BCUT2D eigenvalue weighted by Gasteiger charge is -2.63. The van der Waals surface area contributed by atoms with Gasteiger partial charge >= 0.3 is 0 Å². The third-order valence-corrected chi connectivity index (χ3v) is 16.8. The molecule has 2 amide bonds. The minimum Gasteiger partial charge on any atom is -0.495 e. The highest BCUT2D eigenvalue weighted by Gasteiger charge is 2.64. The van der Waals surface area contributed by atoms with Crippen LogP contribution in [0.15, 0.2) is 67.0 Å². The molecule has 15 heteroatoms. The number of amides is 2. The molecule has 3 aromatic carbocycles. The van der Waals surface area contributed by atoms with E-state index in [1.807, 2.05) is 35.2 Å². The van der Waals surface area contributed by atoms with Crippen LogP contribution in [0.5, 0.6) is 17.2 Å². The van der Waals surface area contributed by atoms with Crippen molar-refractivity contribution in [1.29, 1.82) is 5.26 Å². The van der Waals surface area contributed by atoms with Gasteiger partial charge in [-0.15, -0.1) is 0 Å². The number of methoxy groups -OCH3 is 1. The molecular formula is C56H66F2N8O5. The minimum atomic E-state index is -2.66. The quantitative estimate of drug-likeness (QED) is 0.137. The van der Waals surface area contributed by atoms with Crippen molar-refractivity contribution in [2.75, 3.05) is 25.1 Å². The van der Waals surface area contributed by atoms with Gasteiger partial charge in [-0.25, -0.2) is 8.78 Å². The van der Waals surface area contributed by atoms with E-state index in [2.05, 4.69) is 53.8 Å². The standard InChI is InChI=1S/C56H66F2N8O5/c1-34(67)64-26-20-46-45(33-64)50(65-25-8-9-36-27-43(38-31-60-63(6)32-38)44(49(57)58)29-47(36)65)62-66(46)39-16-21-56(22-17-39)23-18-41(19-24-56)70-40-13-10-35(11-14-40)51(68)61-52-54(2,3)53(55(52,4)5)71-42-15-12-37(30-59)48(28-42)69-7/h10-15,27-29,31-32,39,41,49,52-53H,8-9,16-26,33H2,1-7H3,(H,61,68). The third-order valence-electron chi connectivity index (χ3n) is 16.8. The van der Waals surface area contributed by atoms with Crippen LogP contribution in [0.4, 0.5) is 20.3 Å². The SMILES string of the molecule is COc1cc(OC2C(C)(C)C(NC(=O)c3ccc(OC4CCC5(CC4)CCC(n4nc(N6CCCc7cc(-c8cnn(C)c8)c(C(F)F)cc76)c6c4CCN(C(C)=O)C6)CC5)cc3)C2(C)C)ccc1C#N. The second-order valence-electron chi connectivity index (χ2n) is 22.0. The maximum absolute atomic E-state index is 14.8. The molecule has 2 aromatic heterocycles. The summed E-state index contributed by atoms with van der Waals surface area (Å²) in [5.41, 5.74) is 5.71.